The van der Waals surface area contributed by atoms with Crippen LogP contribution in [0.1, 0.15) is 43.5 Å². The van der Waals surface area contributed by atoms with E-state index in [4.69, 9.17) is 10.5 Å². The molecule has 0 radical (unpaired) electrons. The van der Waals surface area contributed by atoms with E-state index in [-0.39, 0.29) is 5.82 Å². The summed E-state index contributed by atoms with van der Waals surface area (Å²) in [4.78, 5) is 11.8. The zero-order chi connectivity index (χ0) is 13.8. The summed E-state index contributed by atoms with van der Waals surface area (Å²) < 4.78 is 9.04. The van der Waals surface area contributed by atoms with Crippen molar-refractivity contribution >= 4 is 28.3 Å². The second kappa shape index (κ2) is 6.23. The van der Waals surface area contributed by atoms with E-state index < -0.39 is 5.97 Å². The highest BCUT2D eigenvalue weighted by molar-refractivity contribution is 7.11. The molecular weight excluding hydrogens is 262 g/mol. The summed E-state index contributed by atoms with van der Waals surface area (Å²) in [6, 6.07) is 0. The van der Waals surface area contributed by atoms with Gasteiger partial charge in [0.25, 0.3) is 0 Å². The number of hydrogen-bond acceptors (Lipinski definition) is 6. The number of nitrogens with zero attached hydrogens (tertiary/aromatic N) is 1. The molecule has 0 aromatic carbocycles. The van der Waals surface area contributed by atoms with Crippen LogP contribution >= 0.6 is 11.5 Å². The topological polar surface area (TPSA) is 77.2 Å². The molecule has 2 rings (SSSR count). The van der Waals surface area contributed by atoms with Crippen molar-refractivity contribution in [1.82, 2.24) is 4.37 Å². The van der Waals surface area contributed by atoms with E-state index in [9.17, 15) is 4.79 Å². The van der Waals surface area contributed by atoms with Crippen molar-refractivity contribution in [2.45, 2.75) is 33.1 Å². The zero-order valence-electron chi connectivity index (χ0n) is 11.4. The number of ether oxygens (including phenoxy) is 1. The highest BCUT2D eigenvalue weighted by Crippen LogP contribution is 2.32. The first-order chi connectivity index (χ1) is 9.11. The van der Waals surface area contributed by atoms with E-state index in [1.165, 1.54) is 30.8 Å². The Balaban J connectivity index is 1.98. The van der Waals surface area contributed by atoms with Crippen LogP contribution in [0.25, 0.3) is 0 Å². The number of anilines is 2. The van der Waals surface area contributed by atoms with Gasteiger partial charge < -0.3 is 15.8 Å². The molecule has 1 fully saturated rings. The molecule has 106 valence electrons. The number of nitrogen functional groups attached to an aromatic ring is 1. The molecule has 0 bridgehead atoms. The van der Waals surface area contributed by atoms with E-state index in [0.717, 1.165) is 17.5 Å². The number of esters is 1. The summed E-state index contributed by atoms with van der Waals surface area (Å²) in [5.74, 6) is 1.35. The minimum absolute atomic E-state index is 0.255. The minimum atomic E-state index is -0.393. The fraction of sp³-hybridized carbons (Fsp3) is 0.692. The van der Waals surface area contributed by atoms with Crippen molar-refractivity contribution in [3.8, 4) is 0 Å². The van der Waals surface area contributed by atoms with Crippen LogP contribution in [-0.2, 0) is 4.74 Å². The fourth-order valence-electron chi connectivity index (χ4n) is 2.57. The number of rotatable bonds is 5. The zero-order valence-corrected chi connectivity index (χ0v) is 12.3. The molecule has 3 N–H and O–H groups in total. The summed E-state index contributed by atoms with van der Waals surface area (Å²) in [7, 11) is 0. The van der Waals surface area contributed by atoms with Crippen molar-refractivity contribution < 1.29 is 9.53 Å². The highest BCUT2D eigenvalue weighted by atomic mass is 32.1. The third-order valence-corrected chi connectivity index (χ3v) is 4.37. The number of aromatic nitrogens is 1. The molecular formula is C13H21N3O2S. The number of carbonyl (C=O) groups is 1. The summed E-state index contributed by atoms with van der Waals surface area (Å²) in [5, 5.41) is 4.04. The van der Waals surface area contributed by atoms with Gasteiger partial charge in [0, 0.05) is 6.54 Å². The molecule has 0 spiro atoms. The molecule has 1 heterocycles. The van der Waals surface area contributed by atoms with E-state index in [2.05, 4.69) is 16.6 Å². The predicted octanol–water partition coefficient (Wildman–Crippen LogP) is 2.75. The molecule has 1 aliphatic carbocycles. The van der Waals surface area contributed by atoms with Crippen molar-refractivity contribution in [3.05, 3.63) is 5.56 Å². The quantitative estimate of drug-likeness (QED) is 0.812. The lowest BCUT2D eigenvalue weighted by Gasteiger charge is -2.11. The molecule has 0 aliphatic heterocycles. The smallest absolute Gasteiger partial charge is 0.344 e. The van der Waals surface area contributed by atoms with Gasteiger partial charge in [-0.2, -0.15) is 4.37 Å². The monoisotopic (exact) mass is 283 g/mol. The Morgan fingerprint density at radius 3 is 3.00 bits per heavy atom. The maximum atomic E-state index is 11.8. The van der Waals surface area contributed by atoms with Crippen LogP contribution < -0.4 is 11.1 Å². The van der Waals surface area contributed by atoms with Gasteiger partial charge >= 0.3 is 5.97 Å². The lowest BCUT2D eigenvalue weighted by atomic mass is 10.1. The Labute approximate surface area is 117 Å². The maximum absolute atomic E-state index is 11.8. The van der Waals surface area contributed by atoms with Gasteiger partial charge in [-0.25, -0.2) is 4.79 Å². The van der Waals surface area contributed by atoms with Gasteiger partial charge in [0.05, 0.1) is 6.61 Å². The first kappa shape index (κ1) is 14.1. The summed E-state index contributed by atoms with van der Waals surface area (Å²) >= 11 is 1.23. The van der Waals surface area contributed by atoms with Crippen molar-refractivity contribution in [2.75, 3.05) is 24.2 Å². The largest absolute Gasteiger partial charge is 0.462 e. The molecule has 2 unspecified atom stereocenters. The first-order valence-corrected chi connectivity index (χ1v) is 7.55. The van der Waals surface area contributed by atoms with Crippen LogP contribution in [0.4, 0.5) is 10.8 Å². The number of nitrogens with one attached hydrogen (secondary N) is 1. The molecule has 1 aromatic heterocycles. The van der Waals surface area contributed by atoms with Crippen molar-refractivity contribution in [3.63, 3.8) is 0 Å². The second-order valence-corrected chi connectivity index (χ2v) is 5.93. The lowest BCUT2D eigenvalue weighted by molar-refractivity contribution is 0.0529. The third-order valence-electron chi connectivity index (χ3n) is 3.55. The molecule has 0 saturated heterocycles. The van der Waals surface area contributed by atoms with Gasteiger partial charge in [-0.05, 0) is 43.1 Å². The predicted molar refractivity (Wildman–Crippen MR) is 77.5 cm³/mol. The van der Waals surface area contributed by atoms with E-state index in [1.54, 1.807) is 6.92 Å². The number of hydrogen-bond donors (Lipinski definition) is 2. The molecule has 2 atom stereocenters. The molecule has 6 heteroatoms. The Hall–Kier alpha value is -1.30. The van der Waals surface area contributed by atoms with Gasteiger partial charge in [-0.3, -0.25) is 0 Å². The molecule has 0 amide bonds. The molecule has 5 nitrogen and oxygen atoms in total. The third kappa shape index (κ3) is 3.37. The Bertz CT molecular complexity index is 447. The van der Waals surface area contributed by atoms with Crippen molar-refractivity contribution in [2.24, 2.45) is 11.8 Å². The second-order valence-electron chi connectivity index (χ2n) is 5.16. The van der Waals surface area contributed by atoms with E-state index >= 15 is 0 Å². The lowest BCUT2D eigenvalue weighted by Crippen LogP contribution is -2.14. The Morgan fingerprint density at radius 1 is 1.58 bits per heavy atom. The van der Waals surface area contributed by atoms with Gasteiger partial charge in [0.1, 0.15) is 10.6 Å². The summed E-state index contributed by atoms with van der Waals surface area (Å²) in [5.41, 5.74) is 6.12. The fourth-order valence-corrected chi connectivity index (χ4v) is 3.28. The van der Waals surface area contributed by atoms with E-state index in [0.29, 0.717) is 18.1 Å². The normalized spacial score (nSPS) is 22.4. The van der Waals surface area contributed by atoms with Crippen molar-refractivity contribution in [1.29, 1.82) is 0 Å². The van der Waals surface area contributed by atoms with Gasteiger partial charge in [0.15, 0.2) is 5.82 Å². The minimum Gasteiger partial charge on any atom is -0.462 e. The maximum Gasteiger partial charge on any atom is 0.344 e. The van der Waals surface area contributed by atoms with Crippen LogP contribution in [0.3, 0.4) is 0 Å². The molecule has 19 heavy (non-hydrogen) atoms. The molecule has 1 aliphatic rings. The first-order valence-electron chi connectivity index (χ1n) is 6.78. The average molecular weight is 283 g/mol. The SMILES string of the molecule is CCOC(=O)c1c(N)nsc1NCC1CCC(C)C1. The summed E-state index contributed by atoms with van der Waals surface area (Å²) in [6.45, 7) is 5.28. The van der Waals surface area contributed by atoms with Crippen LogP contribution in [-0.4, -0.2) is 23.5 Å². The van der Waals surface area contributed by atoms with Crippen LogP contribution in [0.5, 0.6) is 0 Å². The number of nitrogens with two attached hydrogens (primary N) is 1. The molecule has 1 aromatic rings. The number of carbonyl (C=O) groups excluding carboxylic acids is 1. The highest BCUT2D eigenvalue weighted by Gasteiger charge is 2.24. The standard InChI is InChI=1S/C13H21N3O2S/c1-3-18-13(17)10-11(14)16-19-12(10)15-7-9-5-4-8(2)6-9/h8-9,15H,3-7H2,1-2H3,(H2,14,16). The average Bonchev–Trinajstić information content (AvgIpc) is 2.93. The summed E-state index contributed by atoms with van der Waals surface area (Å²) in [6.07, 6.45) is 3.79. The molecule has 1 saturated carbocycles. The van der Waals surface area contributed by atoms with Gasteiger partial charge in [-0.1, -0.05) is 13.3 Å². The Kier molecular flexibility index (Phi) is 4.63. The van der Waals surface area contributed by atoms with E-state index in [1.807, 2.05) is 0 Å². The van der Waals surface area contributed by atoms with Gasteiger partial charge in [-0.15, -0.1) is 0 Å². The van der Waals surface area contributed by atoms with Crippen LogP contribution in [0.15, 0.2) is 0 Å². The van der Waals surface area contributed by atoms with Crippen LogP contribution in [0.2, 0.25) is 0 Å². The van der Waals surface area contributed by atoms with Gasteiger partial charge in [0.2, 0.25) is 0 Å². The Morgan fingerprint density at radius 2 is 2.37 bits per heavy atom. The van der Waals surface area contributed by atoms with Crippen LogP contribution in [0, 0.1) is 11.8 Å².